The quantitative estimate of drug-likeness (QED) is 0.442. The molecule has 0 amide bonds. The van der Waals surface area contributed by atoms with Crippen LogP contribution in [0, 0.1) is 13.8 Å². The summed E-state index contributed by atoms with van der Waals surface area (Å²) in [5, 5.41) is 10.9. The first kappa shape index (κ1) is 21.2. The summed E-state index contributed by atoms with van der Waals surface area (Å²) in [6.45, 7) is 4.02. The summed E-state index contributed by atoms with van der Waals surface area (Å²) in [5.41, 5.74) is 4.33. The molecule has 0 unspecified atom stereocenters. The zero-order valence-electron chi connectivity index (χ0n) is 18.3. The number of rotatable bonds is 5. The Bertz CT molecular complexity index is 1400. The second kappa shape index (κ2) is 8.59. The van der Waals surface area contributed by atoms with Crippen LogP contribution in [0.2, 0.25) is 0 Å². The van der Waals surface area contributed by atoms with Gasteiger partial charge in [-0.25, -0.2) is 9.79 Å². The number of ether oxygens (including phenoxy) is 2. The van der Waals surface area contributed by atoms with Gasteiger partial charge in [-0.15, -0.1) is 0 Å². The number of benzene rings is 3. The molecule has 1 aromatic heterocycles. The molecule has 0 saturated carbocycles. The Morgan fingerprint density at radius 2 is 1.72 bits per heavy atom. The first-order valence-electron chi connectivity index (χ1n) is 10.0. The standard InChI is InChI=1S/C26H23NO5/c1-15-10-16(2)25-20(27-19-7-5-6-18(12-19)26(28)29)14-22(32-24(25)11-15)17-8-9-21(30-3)23(13-17)31-4/h5-14H,1-4H3,(H,28,29). The number of aryl methyl sites for hydroxylation is 2. The number of carboxylic acids is 1. The van der Waals surface area contributed by atoms with Crippen molar-refractivity contribution in [3.8, 4) is 22.8 Å². The first-order valence-corrected chi connectivity index (χ1v) is 10.0. The van der Waals surface area contributed by atoms with Crippen molar-refractivity contribution in [1.29, 1.82) is 0 Å². The van der Waals surface area contributed by atoms with Gasteiger partial charge in [-0.3, -0.25) is 0 Å². The van der Waals surface area contributed by atoms with E-state index in [1.54, 1.807) is 38.5 Å². The fourth-order valence-electron chi connectivity index (χ4n) is 3.75. The van der Waals surface area contributed by atoms with Gasteiger partial charge in [-0.2, -0.15) is 0 Å². The molecule has 0 bridgehead atoms. The molecule has 0 aliphatic rings. The number of hydrogen-bond donors (Lipinski definition) is 1. The van der Waals surface area contributed by atoms with Crippen LogP contribution in [0.15, 0.2) is 70.1 Å². The number of methoxy groups -OCH3 is 2. The summed E-state index contributed by atoms with van der Waals surface area (Å²) in [5.74, 6) is 0.830. The lowest BCUT2D eigenvalue weighted by Crippen LogP contribution is -2.06. The van der Waals surface area contributed by atoms with E-state index in [1.165, 1.54) is 0 Å². The summed E-state index contributed by atoms with van der Waals surface area (Å²) in [6, 6.07) is 18.0. The molecule has 3 aromatic carbocycles. The lowest BCUT2D eigenvalue weighted by Gasteiger charge is -2.11. The molecule has 6 heteroatoms. The molecular weight excluding hydrogens is 406 g/mol. The lowest BCUT2D eigenvalue weighted by molar-refractivity contribution is 0.0697. The second-order valence-corrected chi connectivity index (χ2v) is 7.49. The van der Waals surface area contributed by atoms with Crippen molar-refractivity contribution >= 4 is 22.6 Å². The first-order chi connectivity index (χ1) is 15.4. The van der Waals surface area contributed by atoms with Gasteiger partial charge in [0, 0.05) is 17.0 Å². The van der Waals surface area contributed by atoms with E-state index in [0.29, 0.717) is 33.9 Å². The minimum Gasteiger partial charge on any atom is -0.493 e. The Morgan fingerprint density at radius 1 is 0.938 bits per heavy atom. The van der Waals surface area contributed by atoms with Crippen molar-refractivity contribution in [1.82, 2.24) is 0 Å². The van der Waals surface area contributed by atoms with E-state index in [4.69, 9.17) is 18.9 Å². The maximum absolute atomic E-state index is 11.4. The van der Waals surface area contributed by atoms with E-state index in [2.05, 4.69) is 6.07 Å². The highest BCUT2D eigenvalue weighted by molar-refractivity contribution is 5.88. The topological polar surface area (TPSA) is 81.3 Å². The Kier molecular flexibility index (Phi) is 5.69. The highest BCUT2D eigenvalue weighted by atomic mass is 16.5. The molecule has 0 spiro atoms. The van der Waals surface area contributed by atoms with Crippen LogP contribution in [0.3, 0.4) is 0 Å². The lowest BCUT2D eigenvalue weighted by atomic mass is 10.0. The smallest absolute Gasteiger partial charge is 0.335 e. The maximum atomic E-state index is 11.4. The average molecular weight is 429 g/mol. The number of carbonyl (C=O) groups is 1. The van der Waals surface area contributed by atoms with Gasteiger partial charge < -0.3 is 19.0 Å². The molecule has 4 aromatic rings. The third-order valence-corrected chi connectivity index (χ3v) is 5.20. The summed E-state index contributed by atoms with van der Waals surface area (Å²) in [6.07, 6.45) is 0. The van der Waals surface area contributed by atoms with E-state index in [9.17, 15) is 9.90 Å². The molecule has 0 saturated heterocycles. The van der Waals surface area contributed by atoms with Crippen molar-refractivity contribution in [2.24, 2.45) is 4.99 Å². The van der Waals surface area contributed by atoms with Crippen LogP contribution >= 0.6 is 0 Å². The molecule has 162 valence electrons. The predicted molar refractivity (Wildman–Crippen MR) is 123 cm³/mol. The molecule has 6 nitrogen and oxygen atoms in total. The monoisotopic (exact) mass is 429 g/mol. The summed E-state index contributed by atoms with van der Waals surface area (Å²) < 4.78 is 17.1. The van der Waals surface area contributed by atoms with Crippen LogP contribution in [-0.4, -0.2) is 25.3 Å². The largest absolute Gasteiger partial charge is 0.493 e. The van der Waals surface area contributed by atoms with Crippen molar-refractivity contribution in [2.75, 3.05) is 14.2 Å². The summed E-state index contributed by atoms with van der Waals surface area (Å²) >= 11 is 0. The molecule has 1 N–H and O–H groups in total. The molecular formula is C26H23NO5. The van der Waals surface area contributed by atoms with Crippen molar-refractivity contribution in [2.45, 2.75) is 13.8 Å². The van der Waals surface area contributed by atoms with E-state index in [0.717, 1.165) is 22.1 Å². The van der Waals surface area contributed by atoms with E-state index in [-0.39, 0.29) is 5.56 Å². The fourth-order valence-corrected chi connectivity index (χ4v) is 3.75. The molecule has 0 fully saturated rings. The van der Waals surface area contributed by atoms with Crippen molar-refractivity contribution in [3.05, 3.63) is 82.7 Å². The average Bonchev–Trinajstić information content (AvgIpc) is 2.78. The van der Waals surface area contributed by atoms with Crippen molar-refractivity contribution in [3.63, 3.8) is 0 Å². The van der Waals surface area contributed by atoms with Gasteiger partial charge in [0.2, 0.25) is 0 Å². The van der Waals surface area contributed by atoms with Gasteiger partial charge in [0.1, 0.15) is 11.3 Å². The number of nitrogens with zero attached hydrogens (tertiary/aromatic N) is 1. The van der Waals surface area contributed by atoms with E-state index < -0.39 is 5.97 Å². The van der Waals surface area contributed by atoms with E-state index in [1.807, 2.05) is 44.2 Å². The molecule has 0 aliphatic heterocycles. The molecule has 1 heterocycles. The third-order valence-electron chi connectivity index (χ3n) is 5.20. The predicted octanol–water partition coefficient (Wildman–Crippen LogP) is 5.66. The zero-order valence-corrected chi connectivity index (χ0v) is 18.3. The Balaban J connectivity index is 2.00. The van der Waals surface area contributed by atoms with Crippen LogP contribution < -0.4 is 14.8 Å². The van der Waals surface area contributed by atoms with Crippen LogP contribution in [0.1, 0.15) is 21.5 Å². The number of aromatic carboxylic acids is 1. The second-order valence-electron chi connectivity index (χ2n) is 7.49. The number of carboxylic acid groups (broad SMARTS) is 1. The molecule has 0 atom stereocenters. The van der Waals surface area contributed by atoms with Crippen LogP contribution in [0.25, 0.3) is 22.3 Å². The highest BCUT2D eigenvalue weighted by Gasteiger charge is 2.12. The summed E-state index contributed by atoms with van der Waals surface area (Å²) in [4.78, 5) is 16.2. The van der Waals surface area contributed by atoms with Gasteiger partial charge in [0.15, 0.2) is 11.5 Å². The highest BCUT2D eigenvalue weighted by Crippen LogP contribution is 2.33. The maximum Gasteiger partial charge on any atom is 0.335 e. The van der Waals surface area contributed by atoms with Gasteiger partial charge in [0.25, 0.3) is 0 Å². The minimum atomic E-state index is -0.993. The number of hydrogen-bond acceptors (Lipinski definition) is 5. The Morgan fingerprint density at radius 3 is 2.44 bits per heavy atom. The molecule has 4 rings (SSSR count). The minimum absolute atomic E-state index is 0.184. The van der Waals surface area contributed by atoms with Crippen LogP contribution in [-0.2, 0) is 0 Å². The molecule has 32 heavy (non-hydrogen) atoms. The van der Waals surface area contributed by atoms with Gasteiger partial charge >= 0.3 is 5.97 Å². The van der Waals surface area contributed by atoms with Gasteiger partial charge in [0.05, 0.1) is 30.8 Å². The normalized spacial score (nSPS) is 11.6. The van der Waals surface area contributed by atoms with Crippen LogP contribution in [0.4, 0.5) is 5.69 Å². The Hall–Kier alpha value is -4.06. The van der Waals surface area contributed by atoms with E-state index >= 15 is 0 Å². The van der Waals surface area contributed by atoms with Crippen molar-refractivity contribution < 1.29 is 23.8 Å². The zero-order chi connectivity index (χ0) is 22.8. The number of fused-ring (bicyclic) bond motifs is 1. The SMILES string of the molecule is COc1ccc(-c2cc(=Nc3cccc(C(=O)O)c3)c3c(C)cc(C)cc3o2)cc1OC. The van der Waals surface area contributed by atoms with Gasteiger partial charge in [-0.05, 0) is 67.4 Å². The molecule has 0 radical (unpaired) electrons. The third kappa shape index (κ3) is 4.07. The Labute approximate surface area is 185 Å². The fraction of sp³-hybridized carbons (Fsp3) is 0.154. The summed E-state index contributed by atoms with van der Waals surface area (Å²) in [7, 11) is 3.17. The van der Waals surface area contributed by atoms with Crippen LogP contribution in [0.5, 0.6) is 11.5 Å². The van der Waals surface area contributed by atoms with Gasteiger partial charge in [-0.1, -0.05) is 12.1 Å². The molecule has 0 aliphatic carbocycles.